The van der Waals surface area contributed by atoms with Crippen molar-refractivity contribution in [3.63, 3.8) is 0 Å². The monoisotopic (exact) mass is 1150 g/mol. The van der Waals surface area contributed by atoms with Crippen molar-refractivity contribution in [1.29, 1.82) is 0 Å². The third kappa shape index (κ3) is 18.2. The highest BCUT2D eigenvalue weighted by atomic mass is 28.4. The van der Waals surface area contributed by atoms with Gasteiger partial charge in [-0.1, -0.05) is 130 Å². The van der Waals surface area contributed by atoms with E-state index in [0.717, 1.165) is 79.2 Å². The van der Waals surface area contributed by atoms with Gasteiger partial charge in [-0.25, -0.2) is 0 Å². The van der Waals surface area contributed by atoms with E-state index in [1.165, 1.54) is 0 Å². The summed E-state index contributed by atoms with van der Waals surface area (Å²) in [5.74, 6) is -1.55. The smallest absolute Gasteiger partial charge is 0.311 e. The third-order valence-electron chi connectivity index (χ3n) is 19.6. The van der Waals surface area contributed by atoms with Crippen molar-refractivity contribution < 1.29 is 51.0 Å². The molecule has 2 fully saturated rings. The van der Waals surface area contributed by atoms with Crippen LogP contribution in [0, 0.1) is 17.3 Å². The van der Waals surface area contributed by atoms with Crippen LogP contribution in [0.4, 0.5) is 0 Å². The van der Waals surface area contributed by atoms with E-state index in [-0.39, 0.29) is 65.0 Å². The molecule has 2 aliphatic rings. The molecule has 2 aliphatic heterocycles. The highest BCUT2D eigenvalue weighted by Crippen LogP contribution is 2.50. The van der Waals surface area contributed by atoms with Gasteiger partial charge in [-0.05, 0) is 144 Å². The molecule has 0 aromatic carbocycles. The number of carbonyl (C=O) groups excluding carboxylic acids is 1. The van der Waals surface area contributed by atoms with Crippen LogP contribution in [0.15, 0.2) is 12.2 Å². The van der Waals surface area contributed by atoms with Gasteiger partial charge in [0.25, 0.3) is 0 Å². The molecular formula is C59H122O11Si5. The quantitative estimate of drug-likeness (QED) is 0.0300. The van der Waals surface area contributed by atoms with Gasteiger partial charge in [-0.3, -0.25) is 4.79 Å². The Balaban J connectivity index is 3.11. The zero-order valence-corrected chi connectivity index (χ0v) is 58.5. The molecular weight excluding hydrogens is 1030 g/mol. The first-order valence-corrected chi connectivity index (χ1v) is 43.7. The lowest BCUT2D eigenvalue weighted by Gasteiger charge is -2.58. The molecule has 11 nitrogen and oxygen atoms in total. The summed E-state index contributed by atoms with van der Waals surface area (Å²) >= 11 is 0. The van der Waals surface area contributed by atoms with Crippen molar-refractivity contribution in [2.75, 3.05) is 20.3 Å². The summed E-state index contributed by atoms with van der Waals surface area (Å²) in [6, 6.07) is 8.81. The van der Waals surface area contributed by atoms with Crippen LogP contribution in [-0.4, -0.2) is 128 Å². The molecule has 11 atom stereocenters. The average molecular weight is 1150 g/mol. The van der Waals surface area contributed by atoms with Crippen LogP contribution in [0.3, 0.4) is 0 Å². The van der Waals surface area contributed by atoms with Crippen molar-refractivity contribution in [2.45, 2.75) is 322 Å². The van der Waals surface area contributed by atoms with Gasteiger partial charge in [-0.15, -0.1) is 0 Å². The van der Waals surface area contributed by atoms with Gasteiger partial charge in [0.2, 0.25) is 0 Å². The molecule has 0 unspecified atom stereocenters. The topological polar surface area (TPSA) is 120 Å². The number of carbonyl (C=O) groups is 1. The first-order valence-electron chi connectivity index (χ1n) is 30.3. The molecule has 16 heteroatoms. The van der Waals surface area contributed by atoms with Gasteiger partial charge in [0.1, 0.15) is 6.10 Å². The molecule has 0 saturated carbocycles. The van der Waals surface area contributed by atoms with Crippen molar-refractivity contribution in [3.05, 3.63) is 12.2 Å². The zero-order valence-electron chi connectivity index (χ0n) is 53.5. The standard InChI is InChI=1S/C59H122O11Si5/c1-27-73(28-2,29-3)68-51-46(12)52(64-49(53(51)69-74(30-4,31-5)32-6)41-44(10)40-47(43-60)66-71(23,24)57(16,17)18)54(70-75(33-7,34-8)35-9)59(62-22)42-50(67-72(25,26)58(19,20)21)45(11)48(65-59)38-36-37-39-63-55(61)56(13,14)15/h45-54,60H,10,27-43H2,1-9,11-26H3/t45-,46+,47-,48+,49+,50-,51+,52+,53+,54-,59+/m0/s1. The van der Waals surface area contributed by atoms with Gasteiger partial charge in [0, 0.05) is 25.4 Å². The normalized spacial score (nSPS) is 26.8. The van der Waals surface area contributed by atoms with E-state index in [1.807, 2.05) is 27.9 Å². The van der Waals surface area contributed by atoms with Crippen molar-refractivity contribution in [2.24, 2.45) is 17.3 Å². The summed E-state index contributed by atoms with van der Waals surface area (Å²) in [6.45, 7) is 59.0. The number of ether oxygens (including phenoxy) is 4. The Morgan fingerprint density at radius 3 is 1.57 bits per heavy atom. The fourth-order valence-corrected chi connectivity index (χ4v) is 22.4. The fourth-order valence-electron chi connectivity index (χ4n) is 11.0. The van der Waals surface area contributed by atoms with Gasteiger partial charge in [0.15, 0.2) is 47.4 Å². The summed E-state index contributed by atoms with van der Waals surface area (Å²) in [7, 11) is -9.76. The van der Waals surface area contributed by atoms with Crippen LogP contribution in [0.2, 0.25) is 90.7 Å². The second-order valence-electron chi connectivity index (χ2n) is 27.3. The summed E-state index contributed by atoms with van der Waals surface area (Å²) in [6.07, 6.45) is 0.757. The number of hydrogen-bond donors (Lipinski definition) is 1. The number of unbranched alkanes of at least 4 members (excludes halogenated alkanes) is 1. The lowest BCUT2D eigenvalue weighted by atomic mass is 9.78. The van der Waals surface area contributed by atoms with Gasteiger partial charge in [0.05, 0.1) is 61.4 Å². The van der Waals surface area contributed by atoms with Crippen LogP contribution >= 0.6 is 0 Å². The molecule has 1 N–H and O–H groups in total. The van der Waals surface area contributed by atoms with Crippen molar-refractivity contribution in [1.82, 2.24) is 0 Å². The summed E-state index contributed by atoms with van der Waals surface area (Å²) in [4.78, 5) is 12.8. The number of methoxy groups -OCH3 is 1. The lowest BCUT2D eigenvalue weighted by molar-refractivity contribution is -0.353. The molecule has 2 saturated heterocycles. The first-order chi connectivity index (χ1) is 34.5. The van der Waals surface area contributed by atoms with Gasteiger partial charge in [-0.2, -0.15) is 0 Å². The van der Waals surface area contributed by atoms with E-state index in [9.17, 15) is 9.90 Å². The Hall–Kier alpha value is -0.0656. The van der Waals surface area contributed by atoms with E-state index in [4.69, 9.17) is 47.7 Å². The van der Waals surface area contributed by atoms with E-state index in [1.54, 1.807) is 0 Å². The highest BCUT2D eigenvalue weighted by Gasteiger charge is 2.61. The van der Waals surface area contributed by atoms with Crippen LogP contribution in [-0.2, 0) is 45.9 Å². The molecule has 444 valence electrons. The van der Waals surface area contributed by atoms with E-state index in [2.05, 4.69) is 144 Å². The second-order valence-corrected chi connectivity index (χ2v) is 51.0. The molecule has 0 radical (unpaired) electrons. The molecule has 2 rings (SSSR count). The maximum atomic E-state index is 12.8. The molecule has 0 bridgehead atoms. The first kappa shape index (κ1) is 71.0. The van der Waals surface area contributed by atoms with Crippen LogP contribution in [0.1, 0.15) is 177 Å². The maximum Gasteiger partial charge on any atom is 0.311 e. The second kappa shape index (κ2) is 29.3. The largest absolute Gasteiger partial charge is 0.465 e. The summed E-state index contributed by atoms with van der Waals surface area (Å²) in [5.41, 5.74) is 0.413. The predicted octanol–water partition coefficient (Wildman–Crippen LogP) is 16.2. The predicted molar refractivity (Wildman–Crippen MR) is 326 cm³/mol. The number of rotatable bonds is 32. The Morgan fingerprint density at radius 2 is 1.15 bits per heavy atom. The molecule has 75 heavy (non-hydrogen) atoms. The minimum Gasteiger partial charge on any atom is -0.465 e. The fraction of sp³-hybridized carbons (Fsp3) is 0.949. The minimum atomic E-state index is -2.46. The maximum absolute atomic E-state index is 12.8. The van der Waals surface area contributed by atoms with E-state index >= 15 is 0 Å². The Labute approximate surface area is 468 Å². The van der Waals surface area contributed by atoms with E-state index in [0.29, 0.717) is 25.9 Å². The SMILES string of the molecule is C=C(C[C@@H](CO)O[Si](C)(C)C(C)(C)C)C[C@H]1O[C@@H]([C@H](O[Si](CC)(CC)CC)[C@@]2(OC)C[C@H](O[Si](C)(C)C(C)(C)C)[C@@H](C)[C@@H](CCCCOC(=O)C(C)(C)C)O2)[C@H](C)[C@@H](O[Si](CC)(CC)CC)[C@@H]1O[Si](CC)(CC)CC. The lowest BCUT2D eigenvalue weighted by Crippen LogP contribution is -2.70. The number of aliphatic hydroxyl groups is 1. The molecule has 0 spiro atoms. The zero-order chi connectivity index (χ0) is 57.8. The molecule has 0 aromatic rings. The number of aliphatic hydroxyl groups excluding tert-OH is 1. The van der Waals surface area contributed by atoms with Gasteiger partial charge < -0.3 is 46.2 Å². The van der Waals surface area contributed by atoms with Gasteiger partial charge >= 0.3 is 5.97 Å². The van der Waals surface area contributed by atoms with Crippen LogP contribution in [0.5, 0.6) is 0 Å². The Kier molecular flexibility index (Phi) is 27.7. The molecule has 0 aromatic heterocycles. The summed E-state index contributed by atoms with van der Waals surface area (Å²) in [5, 5.41) is 10.9. The van der Waals surface area contributed by atoms with E-state index < -0.39 is 71.1 Å². The van der Waals surface area contributed by atoms with Crippen LogP contribution in [0.25, 0.3) is 0 Å². The Morgan fingerprint density at radius 1 is 0.667 bits per heavy atom. The van der Waals surface area contributed by atoms with Crippen molar-refractivity contribution >= 4 is 47.6 Å². The third-order valence-corrected chi connectivity index (χ3v) is 42.5. The highest BCUT2D eigenvalue weighted by molar-refractivity contribution is 6.75. The molecule has 0 amide bonds. The number of esters is 1. The minimum absolute atomic E-state index is 0.0162. The molecule has 2 heterocycles. The number of hydrogen-bond acceptors (Lipinski definition) is 11. The average Bonchev–Trinajstić information content (AvgIpc) is 3.34. The van der Waals surface area contributed by atoms with Crippen molar-refractivity contribution in [3.8, 4) is 0 Å². The molecule has 0 aliphatic carbocycles. The van der Waals surface area contributed by atoms with Crippen LogP contribution < -0.4 is 0 Å². The Bertz CT molecular complexity index is 1670. The summed E-state index contributed by atoms with van der Waals surface area (Å²) < 4.78 is 66.8.